The number of aryl methyl sites for hydroxylation is 2. The lowest BCUT2D eigenvalue weighted by Gasteiger charge is -2.12. The molecule has 0 fully saturated rings. The number of aromatic nitrogens is 1. The van der Waals surface area contributed by atoms with E-state index in [9.17, 15) is 8.42 Å². The first-order valence-corrected chi connectivity index (χ1v) is 9.03. The molecule has 0 radical (unpaired) electrons. The lowest BCUT2D eigenvalue weighted by Crippen LogP contribution is -2.18. The maximum atomic E-state index is 12.7. The Kier molecular flexibility index (Phi) is 4.97. The number of pyridine rings is 1. The van der Waals surface area contributed by atoms with Gasteiger partial charge in [-0.2, -0.15) is 0 Å². The Balaban J connectivity index is 2.36. The fraction of sp³-hybridized carbons (Fsp3) is 0.357. The molecule has 2 heterocycles. The molecule has 0 aliphatic heterocycles. The first kappa shape index (κ1) is 15.9. The van der Waals surface area contributed by atoms with Crippen LogP contribution < -0.4 is 10.0 Å². The molecular formula is C14H19N3O2S2. The third-order valence-electron chi connectivity index (χ3n) is 3.06. The molecule has 0 bridgehead atoms. The lowest BCUT2D eigenvalue weighted by molar-refractivity contribution is 0.599. The van der Waals surface area contributed by atoms with Gasteiger partial charge >= 0.3 is 0 Å². The van der Waals surface area contributed by atoms with Gasteiger partial charge in [0.1, 0.15) is 4.90 Å². The van der Waals surface area contributed by atoms with Crippen LogP contribution in [0.3, 0.4) is 0 Å². The Hall–Kier alpha value is -1.44. The molecule has 0 unspecified atom stereocenters. The van der Waals surface area contributed by atoms with E-state index in [1.54, 1.807) is 18.5 Å². The Morgan fingerprint density at radius 1 is 1.29 bits per heavy atom. The zero-order valence-electron chi connectivity index (χ0n) is 12.3. The zero-order chi connectivity index (χ0) is 15.5. The van der Waals surface area contributed by atoms with Crippen molar-refractivity contribution in [3.63, 3.8) is 0 Å². The molecule has 7 heteroatoms. The van der Waals surface area contributed by atoms with Crippen molar-refractivity contribution in [1.29, 1.82) is 0 Å². The highest BCUT2D eigenvalue weighted by atomic mass is 32.2. The van der Waals surface area contributed by atoms with Crippen LogP contribution in [0.1, 0.15) is 22.9 Å². The zero-order valence-corrected chi connectivity index (χ0v) is 13.9. The molecule has 0 aliphatic rings. The molecular weight excluding hydrogens is 306 g/mol. The van der Waals surface area contributed by atoms with Crippen molar-refractivity contribution < 1.29 is 8.42 Å². The summed E-state index contributed by atoms with van der Waals surface area (Å²) in [6, 6.07) is 1.67. The highest BCUT2D eigenvalue weighted by Gasteiger charge is 2.23. The molecule has 2 aromatic heterocycles. The Morgan fingerprint density at radius 2 is 2.05 bits per heavy atom. The number of nitrogens with zero attached hydrogens (tertiary/aromatic N) is 1. The monoisotopic (exact) mass is 325 g/mol. The smallest absolute Gasteiger partial charge is 0.263 e. The number of hydrogen-bond acceptors (Lipinski definition) is 5. The summed E-state index contributed by atoms with van der Waals surface area (Å²) in [5.41, 5.74) is 2.12. The fourth-order valence-electron chi connectivity index (χ4n) is 1.99. The summed E-state index contributed by atoms with van der Waals surface area (Å²) in [5, 5.41) is 5.05. The number of anilines is 1. The van der Waals surface area contributed by atoms with E-state index >= 15 is 0 Å². The van der Waals surface area contributed by atoms with Crippen LogP contribution >= 0.6 is 11.3 Å². The van der Waals surface area contributed by atoms with Gasteiger partial charge in [0.05, 0.1) is 5.69 Å². The van der Waals surface area contributed by atoms with Gasteiger partial charge in [-0.1, -0.05) is 6.92 Å². The summed E-state index contributed by atoms with van der Waals surface area (Å²) in [5.74, 6) is 0. The molecule has 0 aromatic carbocycles. The quantitative estimate of drug-likeness (QED) is 0.856. The van der Waals surface area contributed by atoms with Crippen molar-refractivity contribution in [2.24, 2.45) is 0 Å². The van der Waals surface area contributed by atoms with E-state index in [2.05, 4.69) is 15.0 Å². The second-order valence-corrected chi connectivity index (χ2v) is 7.33. The Labute approximate surface area is 129 Å². The van der Waals surface area contributed by atoms with Gasteiger partial charge in [0.25, 0.3) is 10.0 Å². The highest BCUT2D eigenvalue weighted by molar-refractivity contribution is 7.93. The van der Waals surface area contributed by atoms with Crippen LogP contribution in [0.2, 0.25) is 0 Å². The van der Waals surface area contributed by atoms with Crippen LogP contribution in [0.5, 0.6) is 0 Å². The molecule has 2 rings (SSSR count). The minimum absolute atomic E-state index is 0.379. The van der Waals surface area contributed by atoms with Gasteiger partial charge in [0, 0.05) is 23.8 Å². The number of rotatable bonds is 6. The highest BCUT2D eigenvalue weighted by Crippen LogP contribution is 2.29. The van der Waals surface area contributed by atoms with Crippen LogP contribution in [0, 0.1) is 13.8 Å². The van der Waals surface area contributed by atoms with Crippen LogP contribution in [-0.4, -0.2) is 19.9 Å². The maximum Gasteiger partial charge on any atom is 0.263 e. The SMILES string of the molecule is CCNCc1scc(C)c1S(=O)(=O)Nc1ccncc1C. The average Bonchev–Trinajstić information content (AvgIpc) is 2.81. The van der Waals surface area contributed by atoms with Crippen molar-refractivity contribution in [1.82, 2.24) is 10.3 Å². The molecule has 0 spiro atoms. The van der Waals surface area contributed by atoms with Gasteiger partial charge in [-0.3, -0.25) is 9.71 Å². The van der Waals surface area contributed by atoms with Gasteiger partial charge in [0.15, 0.2) is 0 Å². The van der Waals surface area contributed by atoms with Crippen molar-refractivity contribution in [3.8, 4) is 0 Å². The molecule has 2 N–H and O–H groups in total. The molecule has 0 aliphatic carbocycles. The summed E-state index contributed by atoms with van der Waals surface area (Å²) in [6.45, 7) is 6.99. The molecule has 114 valence electrons. The second-order valence-electron chi connectivity index (χ2n) is 4.75. The Morgan fingerprint density at radius 3 is 2.71 bits per heavy atom. The number of sulfonamides is 1. The molecule has 0 saturated heterocycles. The first-order valence-electron chi connectivity index (χ1n) is 6.66. The van der Waals surface area contributed by atoms with Crippen LogP contribution in [-0.2, 0) is 16.6 Å². The van der Waals surface area contributed by atoms with Crippen LogP contribution in [0.4, 0.5) is 5.69 Å². The predicted octanol–water partition coefficient (Wildman–Crippen LogP) is 2.67. The first-order chi connectivity index (χ1) is 9.95. The van der Waals surface area contributed by atoms with Crippen molar-refractivity contribution in [2.45, 2.75) is 32.2 Å². The third kappa shape index (κ3) is 3.61. The third-order valence-corrected chi connectivity index (χ3v) is 5.89. The van der Waals surface area contributed by atoms with Crippen LogP contribution in [0.15, 0.2) is 28.7 Å². The Bertz CT molecular complexity index is 724. The fourth-order valence-corrected chi connectivity index (χ4v) is 4.91. The van der Waals surface area contributed by atoms with Crippen molar-refractivity contribution in [2.75, 3.05) is 11.3 Å². The van der Waals surface area contributed by atoms with Gasteiger partial charge in [-0.05, 0) is 43.0 Å². The largest absolute Gasteiger partial charge is 0.312 e. The van der Waals surface area contributed by atoms with Gasteiger partial charge in [-0.15, -0.1) is 11.3 Å². The van der Waals surface area contributed by atoms with Crippen molar-refractivity contribution in [3.05, 3.63) is 39.8 Å². The van der Waals surface area contributed by atoms with E-state index in [0.717, 1.165) is 22.5 Å². The second kappa shape index (κ2) is 6.55. The molecule has 5 nitrogen and oxygen atoms in total. The molecule has 21 heavy (non-hydrogen) atoms. The summed E-state index contributed by atoms with van der Waals surface area (Å²) in [4.78, 5) is 5.18. The van der Waals surface area contributed by atoms with E-state index in [0.29, 0.717) is 17.1 Å². The summed E-state index contributed by atoms with van der Waals surface area (Å²) in [6.07, 6.45) is 3.21. The topological polar surface area (TPSA) is 71.1 Å². The van der Waals surface area contributed by atoms with E-state index in [1.807, 2.05) is 26.2 Å². The summed E-state index contributed by atoms with van der Waals surface area (Å²) >= 11 is 1.46. The standard InChI is InChI=1S/C14H19N3O2S2/c1-4-15-8-13-14(11(3)9-20-13)21(18,19)17-12-5-6-16-7-10(12)2/h5-7,9,15H,4,8H2,1-3H3,(H,16,17). The van der Waals surface area contributed by atoms with Crippen LogP contribution in [0.25, 0.3) is 0 Å². The minimum atomic E-state index is -3.59. The van der Waals surface area contributed by atoms with Crippen molar-refractivity contribution >= 4 is 27.0 Å². The number of hydrogen-bond donors (Lipinski definition) is 2. The van der Waals surface area contributed by atoms with E-state index in [4.69, 9.17) is 0 Å². The van der Waals surface area contributed by atoms with E-state index < -0.39 is 10.0 Å². The molecule has 0 amide bonds. The molecule has 0 saturated carbocycles. The van der Waals surface area contributed by atoms with Gasteiger partial charge in [-0.25, -0.2) is 8.42 Å². The average molecular weight is 325 g/mol. The maximum absolute atomic E-state index is 12.7. The minimum Gasteiger partial charge on any atom is -0.312 e. The predicted molar refractivity (Wildman–Crippen MR) is 86.2 cm³/mol. The van der Waals surface area contributed by atoms with Gasteiger partial charge < -0.3 is 5.32 Å². The summed E-state index contributed by atoms with van der Waals surface area (Å²) < 4.78 is 28.0. The number of nitrogens with one attached hydrogen (secondary N) is 2. The normalized spacial score (nSPS) is 11.6. The van der Waals surface area contributed by atoms with Gasteiger partial charge in [0.2, 0.25) is 0 Å². The lowest BCUT2D eigenvalue weighted by atomic mass is 10.3. The van der Waals surface area contributed by atoms with E-state index in [1.165, 1.54) is 11.3 Å². The van der Waals surface area contributed by atoms with E-state index in [-0.39, 0.29) is 0 Å². The number of thiophene rings is 1. The molecule has 2 aromatic rings. The summed E-state index contributed by atoms with van der Waals surface area (Å²) in [7, 11) is -3.59. The molecule has 0 atom stereocenters.